The summed E-state index contributed by atoms with van der Waals surface area (Å²) in [5, 5.41) is 11.1. The molecule has 2 saturated carbocycles. The Morgan fingerprint density at radius 3 is 2.85 bits per heavy atom. The van der Waals surface area contributed by atoms with E-state index in [1.807, 2.05) is 13.1 Å². The molecule has 1 N–H and O–H groups in total. The Balaban J connectivity index is 1.33. The van der Waals surface area contributed by atoms with E-state index in [0.717, 1.165) is 70.1 Å². The third-order valence-electron chi connectivity index (χ3n) is 9.42. The topological polar surface area (TPSA) is 94.5 Å². The largest absolute Gasteiger partial charge is 0.482 e. The molecule has 0 aromatic carbocycles. The molecule has 0 radical (unpaired) electrons. The second-order valence-electron chi connectivity index (χ2n) is 12.1. The summed E-state index contributed by atoms with van der Waals surface area (Å²) in [6.45, 7) is 4.55. The van der Waals surface area contributed by atoms with Crippen LogP contribution in [0.5, 0.6) is 0 Å². The Hall–Kier alpha value is -1.90. The number of hydrogen-bond acceptors (Lipinski definition) is 8. The van der Waals surface area contributed by atoms with Crippen LogP contribution in [0.1, 0.15) is 71.1 Å². The maximum Gasteiger partial charge on any atom is 0.343 e. The first-order valence-corrected chi connectivity index (χ1v) is 15.1. The minimum Gasteiger partial charge on any atom is -0.482 e. The van der Waals surface area contributed by atoms with Crippen LogP contribution in [-0.2, 0) is 28.5 Å². The van der Waals surface area contributed by atoms with E-state index in [1.165, 1.54) is 19.1 Å². The van der Waals surface area contributed by atoms with Crippen molar-refractivity contribution in [3.63, 3.8) is 0 Å². The predicted octanol–water partition coefficient (Wildman–Crippen LogP) is 4.26. The zero-order chi connectivity index (χ0) is 27.8. The molecule has 1 heterocycles. The van der Waals surface area contributed by atoms with Crippen LogP contribution in [0, 0.1) is 29.6 Å². The van der Waals surface area contributed by atoms with E-state index in [0.29, 0.717) is 43.4 Å². The lowest BCUT2D eigenvalue weighted by Gasteiger charge is -2.38. The van der Waals surface area contributed by atoms with Crippen molar-refractivity contribution in [2.75, 3.05) is 47.1 Å². The number of hydrogen-bond donors (Lipinski definition) is 1. The highest BCUT2D eigenvalue weighted by atomic mass is 16.6. The Kier molecular flexibility index (Phi) is 11.3. The highest BCUT2D eigenvalue weighted by Crippen LogP contribution is 2.53. The van der Waals surface area contributed by atoms with Crippen LogP contribution >= 0.6 is 0 Å². The average molecular weight is 548 g/mol. The minimum absolute atomic E-state index is 0.0701. The highest BCUT2D eigenvalue weighted by molar-refractivity contribution is 5.75. The lowest BCUT2D eigenvalue weighted by Crippen LogP contribution is -2.45. The molecule has 0 bridgehead atoms. The van der Waals surface area contributed by atoms with Gasteiger partial charge in [0.1, 0.15) is 5.76 Å². The molecule has 0 spiro atoms. The van der Waals surface area contributed by atoms with Gasteiger partial charge in [0, 0.05) is 13.1 Å². The van der Waals surface area contributed by atoms with Gasteiger partial charge in [0.2, 0.25) is 0 Å². The van der Waals surface area contributed by atoms with Crippen molar-refractivity contribution in [3.05, 3.63) is 23.5 Å². The zero-order valence-corrected chi connectivity index (χ0v) is 24.1. The van der Waals surface area contributed by atoms with Gasteiger partial charge >= 0.3 is 11.9 Å². The maximum absolute atomic E-state index is 12.7. The SMILES string of the molecule is CCCCC[C@@H](CC[C@@H]1[C@H]2CC3CC=CC(OCC(=O)OC)=C3C[C@H]2C[C@H]1O)COC(=O)[C@H]1CN(C)CCO1. The molecule has 220 valence electrons. The number of morpholine rings is 1. The van der Waals surface area contributed by atoms with Crippen molar-refractivity contribution >= 4 is 11.9 Å². The van der Waals surface area contributed by atoms with Gasteiger partial charge in [-0.05, 0) is 93.2 Å². The van der Waals surface area contributed by atoms with Crippen LogP contribution in [0.15, 0.2) is 23.5 Å². The van der Waals surface area contributed by atoms with Crippen LogP contribution in [0.3, 0.4) is 0 Å². The summed E-state index contributed by atoms with van der Waals surface area (Å²) in [6.07, 6.45) is 13.6. The second kappa shape index (κ2) is 14.6. The van der Waals surface area contributed by atoms with E-state index in [2.05, 4.69) is 17.9 Å². The number of aliphatic hydroxyl groups excluding tert-OH is 1. The normalized spacial score (nSPS) is 31.4. The molecular formula is C31H49NO7. The fourth-order valence-corrected chi connectivity index (χ4v) is 7.18. The van der Waals surface area contributed by atoms with Gasteiger partial charge in [-0.25, -0.2) is 9.59 Å². The number of carbonyl (C=O) groups is 2. The lowest BCUT2D eigenvalue weighted by molar-refractivity contribution is -0.163. The number of aliphatic hydroxyl groups is 1. The van der Waals surface area contributed by atoms with Crippen molar-refractivity contribution in [1.82, 2.24) is 4.90 Å². The molecule has 3 aliphatic carbocycles. The third kappa shape index (κ3) is 8.08. The van der Waals surface area contributed by atoms with Gasteiger partial charge in [-0.15, -0.1) is 0 Å². The average Bonchev–Trinajstić information content (AvgIpc) is 3.24. The molecule has 0 aromatic heterocycles. The maximum atomic E-state index is 12.7. The number of rotatable bonds is 13. The molecule has 8 nitrogen and oxygen atoms in total. The molecular weight excluding hydrogens is 498 g/mol. The Labute approximate surface area is 234 Å². The summed E-state index contributed by atoms with van der Waals surface area (Å²) in [7, 11) is 3.37. The number of unbranched alkanes of at least 4 members (excludes halogenated alkanes) is 2. The van der Waals surface area contributed by atoms with Gasteiger partial charge in [0.25, 0.3) is 0 Å². The van der Waals surface area contributed by atoms with Crippen LogP contribution in [0.25, 0.3) is 0 Å². The van der Waals surface area contributed by atoms with Crippen molar-refractivity contribution in [1.29, 1.82) is 0 Å². The summed E-state index contributed by atoms with van der Waals surface area (Å²) < 4.78 is 22.0. The molecule has 0 aromatic rings. The van der Waals surface area contributed by atoms with Gasteiger partial charge in [-0.1, -0.05) is 32.3 Å². The van der Waals surface area contributed by atoms with E-state index < -0.39 is 6.10 Å². The number of fused-ring (bicyclic) bond motifs is 2. The van der Waals surface area contributed by atoms with Crippen molar-refractivity contribution in [2.24, 2.45) is 29.6 Å². The van der Waals surface area contributed by atoms with Crippen molar-refractivity contribution in [2.45, 2.75) is 83.3 Å². The Bertz CT molecular complexity index is 886. The lowest BCUT2D eigenvalue weighted by atomic mass is 9.67. The van der Waals surface area contributed by atoms with Crippen LogP contribution < -0.4 is 0 Å². The molecule has 0 amide bonds. The molecule has 1 aliphatic heterocycles. The van der Waals surface area contributed by atoms with E-state index in [-0.39, 0.29) is 30.6 Å². The number of likely N-dealkylation sites (N-methyl/N-ethyl adjacent to an activating group) is 1. The minimum atomic E-state index is -0.493. The smallest absolute Gasteiger partial charge is 0.343 e. The summed E-state index contributed by atoms with van der Waals surface area (Å²) >= 11 is 0. The third-order valence-corrected chi connectivity index (χ3v) is 9.42. The van der Waals surface area contributed by atoms with E-state index in [1.54, 1.807) is 0 Å². The molecule has 4 rings (SSSR count). The quantitative estimate of drug-likeness (QED) is 0.270. The van der Waals surface area contributed by atoms with Gasteiger partial charge in [0.05, 0.1) is 26.4 Å². The first-order chi connectivity index (χ1) is 18.9. The molecule has 1 saturated heterocycles. The molecule has 7 atom stereocenters. The Morgan fingerprint density at radius 1 is 1.23 bits per heavy atom. The number of nitrogens with zero attached hydrogens (tertiary/aromatic N) is 1. The first-order valence-electron chi connectivity index (χ1n) is 15.1. The monoisotopic (exact) mass is 547 g/mol. The Morgan fingerprint density at radius 2 is 2.08 bits per heavy atom. The standard InChI is InChI=1S/C31H49NO7/c1-4-5-6-8-21(19-39-31(35)29-18-32(2)13-14-37-29)11-12-24-25-15-22-9-7-10-28(38-20-30(34)36-3)26(22)16-23(25)17-27(24)33/h7,10,21-25,27,29,33H,4-6,8-9,11-20H2,1-3H3/t21-,22?,23-,24+,25-,27+,29+/m0/s1. The molecule has 4 aliphatic rings. The van der Waals surface area contributed by atoms with Gasteiger partial charge in [-0.2, -0.15) is 0 Å². The molecule has 39 heavy (non-hydrogen) atoms. The number of carbonyl (C=O) groups excluding carboxylic acids is 2. The molecule has 8 heteroatoms. The van der Waals surface area contributed by atoms with Gasteiger partial charge < -0.3 is 29.0 Å². The summed E-state index contributed by atoms with van der Waals surface area (Å²) in [5.74, 6) is 2.13. The fraction of sp³-hybridized carbons (Fsp3) is 0.806. The van der Waals surface area contributed by atoms with Crippen molar-refractivity contribution in [3.8, 4) is 0 Å². The van der Waals surface area contributed by atoms with Crippen LogP contribution in [0.2, 0.25) is 0 Å². The zero-order valence-electron chi connectivity index (χ0n) is 24.1. The van der Waals surface area contributed by atoms with Crippen molar-refractivity contribution < 1.29 is 33.6 Å². The number of methoxy groups -OCH3 is 1. The van der Waals surface area contributed by atoms with E-state index in [9.17, 15) is 14.7 Å². The summed E-state index contributed by atoms with van der Waals surface area (Å²) in [4.78, 5) is 26.4. The second-order valence-corrected chi connectivity index (χ2v) is 12.1. The number of esters is 2. The summed E-state index contributed by atoms with van der Waals surface area (Å²) in [5.41, 5.74) is 1.30. The van der Waals surface area contributed by atoms with Gasteiger partial charge in [-0.3, -0.25) is 0 Å². The van der Waals surface area contributed by atoms with Crippen LogP contribution in [-0.4, -0.2) is 81.2 Å². The van der Waals surface area contributed by atoms with Gasteiger partial charge in [0.15, 0.2) is 12.7 Å². The molecule has 1 unspecified atom stereocenters. The first kappa shape index (κ1) is 30.1. The summed E-state index contributed by atoms with van der Waals surface area (Å²) in [6, 6.07) is 0. The fourth-order valence-electron chi connectivity index (χ4n) is 7.18. The molecule has 3 fully saturated rings. The predicted molar refractivity (Wildman–Crippen MR) is 148 cm³/mol. The van der Waals surface area contributed by atoms with E-state index in [4.69, 9.17) is 18.9 Å². The number of ether oxygens (including phenoxy) is 4. The van der Waals surface area contributed by atoms with E-state index >= 15 is 0 Å². The highest BCUT2D eigenvalue weighted by Gasteiger charge is 2.47. The van der Waals surface area contributed by atoms with Crippen LogP contribution in [0.4, 0.5) is 0 Å². The number of allylic oxidation sites excluding steroid dienone is 3.